The summed E-state index contributed by atoms with van der Waals surface area (Å²) >= 11 is 0. The summed E-state index contributed by atoms with van der Waals surface area (Å²) in [6.07, 6.45) is 6.68. The number of unbranched alkanes of at least 4 members (excludes halogenated alkanes) is 1. The Bertz CT molecular complexity index is 718. The molecule has 0 saturated heterocycles. The average molecular weight is 339 g/mol. The van der Waals surface area contributed by atoms with Crippen molar-refractivity contribution in [3.05, 3.63) is 59.4 Å². The Morgan fingerprint density at radius 3 is 2.92 bits per heavy atom. The number of aromatic nitrogens is 1. The molecule has 3 rings (SSSR count). The zero-order valence-corrected chi connectivity index (χ0v) is 14.9. The number of rotatable bonds is 6. The van der Waals surface area contributed by atoms with E-state index in [0.717, 1.165) is 36.1 Å². The van der Waals surface area contributed by atoms with Crippen LogP contribution in [0.1, 0.15) is 48.9 Å². The summed E-state index contributed by atoms with van der Waals surface area (Å²) in [4.78, 5) is 18.7. The lowest BCUT2D eigenvalue weighted by Gasteiger charge is -2.28. The molecule has 132 valence electrons. The van der Waals surface area contributed by atoms with Crippen molar-refractivity contribution in [2.24, 2.45) is 0 Å². The van der Waals surface area contributed by atoms with Crippen LogP contribution in [0.5, 0.6) is 0 Å². The first-order valence-corrected chi connectivity index (χ1v) is 8.82. The molecule has 0 spiro atoms. The third-order valence-electron chi connectivity index (χ3n) is 4.66. The predicted molar refractivity (Wildman–Crippen MR) is 98.2 cm³/mol. The average Bonchev–Trinajstić information content (AvgIpc) is 3.10. The van der Waals surface area contributed by atoms with Gasteiger partial charge in [-0.15, -0.1) is 0 Å². The second-order valence-corrected chi connectivity index (χ2v) is 6.46. The molecule has 0 radical (unpaired) electrons. The van der Waals surface area contributed by atoms with Crippen LogP contribution in [0.15, 0.2) is 42.7 Å². The fraction of sp³-hybridized carbons (Fsp3) is 0.400. The van der Waals surface area contributed by atoms with Gasteiger partial charge in [-0.25, -0.2) is 4.79 Å². The van der Waals surface area contributed by atoms with E-state index < -0.39 is 0 Å². The fourth-order valence-corrected chi connectivity index (χ4v) is 3.16. The highest BCUT2D eigenvalue weighted by molar-refractivity contribution is 5.89. The summed E-state index contributed by atoms with van der Waals surface area (Å²) in [5, 5.41) is 3.01. The normalized spacial score (nSPS) is 14.0. The third kappa shape index (κ3) is 4.17. The number of amides is 2. The number of hydrogen-bond acceptors (Lipinski definition) is 3. The summed E-state index contributed by atoms with van der Waals surface area (Å²) in [5.41, 5.74) is 4.22. The topological polar surface area (TPSA) is 54.5 Å². The Morgan fingerprint density at radius 1 is 1.32 bits per heavy atom. The van der Waals surface area contributed by atoms with Gasteiger partial charge < -0.3 is 15.0 Å². The number of hydrogen-bond donors (Lipinski definition) is 1. The van der Waals surface area contributed by atoms with Gasteiger partial charge in [-0.2, -0.15) is 0 Å². The molecule has 1 aromatic carbocycles. The summed E-state index contributed by atoms with van der Waals surface area (Å²) in [5.74, 6) is 0. The minimum absolute atomic E-state index is 0.0198. The van der Waals surface area contributed by atoms with E-state index in [1.807, 2.05) is 43.6 Å². The van der Waals surface area contributed by atoms with Crippen LogP contribution >= 0.6 is 0 Å². The number of ether oxygens (including phenoxy) is 1. The summed E-state index contributed by atoms with van der Waals surface area (Å²) < 4.78 is 5.43. The monoisotopic (exact) mass is 339 g/mol. The second kappa shape index (κ2) is 8.12. The Labute approximate surface area is 149 Å². The number of anilines is 1. The number of nitrogens with one attached hydrogen (secondary N) is 1. The van der Waals surface area contributed by atoms with Crippen LogP contribution in [0.3, 0.4) is 0 Å². The van der Waals surface area contributed by atoms with E-state index in [0.29, 0.717) is 13.2 Å². The van der Waals surface area contributed by atoms with Crippen LogP contribution in [0.2, 0.25) is 0 Å². The van der Waals surface area contributed by atoms with E-state index in [1.54, 1.807) is 11.1 Å². The van der Waals surface area contributed by atoms with Crippen LogP contribution in [0.4, 0.5) is 10.5 Å². The Morgan fingerprint density at radius 2 is 2.16 bits per heavy atom. The first-order chi connectivity index (χ1) is 12.2. The summed E-state index contributed by atoms with van der Waals surface area (Å²) in [6, 6.07) is 9.82. The molecule has 1 atom stereocenters. The fourth-order valence-electron chi connectivity index (χ4n) is 3.16. The van der Waals surface area contributed by atoms with E-state index in [1.165, 1.54) is 5.56 Å². The van der Waals surface area contributed by atoms with Gasteiger partial charge in [0.05, 0.1) is 19.3 Å². The van der Waals surface area contributed by atoms with Crippen LogP contribution in [0.25, 0.3) is 0 Å². The molecule has 25 heavy (non-hydrogen) atoms. The smallest absolute Gasteiger partial charge is 0.322 e. The van der Waals surface area contributed by atoms with Gasteiger partial charge in [-0.3, -0.25) is 4.98 Å². The third-order valence-corrected chi connectivity index (χ3v) is 4.66. The minimum atomic E-state index is -0.108. The Hall–Kier alpha value is -2.40. The molecule has 1 aliphatic heterocycles. The molecule has 5 nitrogen and oxygen atoms in total. The number of benzene rings is 1. The molecule has 0 saturated carbocycles. The van der Waals surface area contributed by atoms with Crippen molar-refractivity contribution >= 4 is 11.7 Å². The van der Waals surface area contributed by atoms with Gasteiger partial charge in [0.1, 0.15) is 0 Å². The molecule has 2 aromatic rings. The maximum absolute atomic E-state index is 12.8. The van der Waals surface area contributed by atoms with Gasteiger partial charge in [-0.05, 0) is 41.3 Å². The van der Waals surface area contributed by atoms with Crippen molar-refractivity contribution in [3.8, 4) is 0 Å². The van der Waals surface area contributed by atoms with Crippen LogP contribution < -0.4 is 5.32 Å². The van der Waals surface area contributed by atoms with Gasteiger partial charge in [0.15, 0.2) is 0 Å². The van der Waals surface area contributed by atoms with Crippen molar-refractivity contribution in [2.75, 3.05) is 12.4 Å². The van der Waals surface area contributed by atoms with E-state index in [-0.39, 0.29) is 12.1 Å². The number of pyridine rings is 1. The first kappa shape index (κ1) is 17.4. The molecule has 0 bridgehead atoms. The van der Waals surface area contributed by atoms with Gasteiger partial charge in [0.25, 0.3) is 0 Å². The van der Waals surface area contributed by atoms with Crippen molar-refractivity contribution in [1.29, 1.82) is 0 Å². The molecule has 0 fully saturated rings. The Balaban J connectivity index is 1.72. The molecule has 1 aliphatic rings. The lowest BCUT2D eigenvalue weighted by molar-refractivity contribution is 0.134. The van der Waals surface area contributed by atoms with Gasteiger partial charge in [0, 0.05) is 25.1 Å². The van der Waals surface area contributed by atoms with Crippen LogP contribution in [-0.2, 0) is 18.0 Å². The number of nitrogens with zero attached hydrogens (tertiary/aromatic N) is 2. The van der Waals surface area contributed by atoms with Crippen molar-refractivity contribution in [3.63, 3.8) is 0 Å². The lowest BCUT2D eigenvalue weighted by Crippen LogP contribution is -2.35. The molecule has 0 aliphatic carbocycles. The number of carbonyl (C=O) groups excluding carboxylic acids is 1. The maximum Gasteiger partial charge on any atom is 0.322 e. The number of urea groups is 1. The standard InChI is InChI=1S/C20H25N3O2/c1-3-4-7-19(15-6-5-10-21-12-15)23(2)20(24)22-18-9-8-16-13-25-14-17(16)11-18/h5-6,8-12,19H,3-4,7,13-14H2,1-2H3,(H,22,24)/t19-/m1/s1. The molecular weight excluding hydrogens is 314 g/mol. The lowest BCUT2D eigenvalue weighted by atomic mass is 10.0. The highest BCUT2D eigenvalue weighted by atomic mass is 16.5. The second-order valence-electron chi connectivity index (χ2n) is 6.46. The molecule has 2 amide bonds. The first-order valence-electron chi connectivity index (χ1n) is 8.82. The van der Waals surface area contributed by atoms with Crippen molar-refractivity contribution in [2.45, 2.75) is 45.4 Å². The van der Waals surface area contributed by atoms with E-state index in [4.69, 9.17) is 4.74 Å². The maximum atomic E-state index is 12.8. The zero-order chi connectivity index (χ0) is 17.6. The van der Waals surface area contributed by atoms with Crippen LogP contribution in [0, 0.1) is 0 Å². The highest BCUT2D eigenvalue weighted by Gasteiger charge is 2.22. The van der Waals surface area contributed by atoms with E-state index in [2.05, 4.69) is 17.2 Å². The molecule has 2 heterocycles. The number of fused-ring (bicyclic) bond motifs is 1. The van der Waals surface area contributed by atoms with Gasteiger partial charge in [0.2, 0.25) is 0 Å². The Kier molecular flexibility index (Phi) is 5.66. The van der Waals surface area contributed by atoms with Crippen LogP contribution in [-0.4, -0.2) is 23.0 Å². The molecule has 0 unspecified atom stereocenters. The summed E-state index contributed by atoms with van der Waals surface area (Å²) in [7, 11) is 1.85. The van der Waals surface area contributed by atoms with Crippen molar-refractivity contribution in [1.82, 2.24) is 9.88 Å². The van der Waals surface area contributed by atoms with Gasteiger partial charge >= 0.3 is 6.03 Å². The minimum Gasteiger partial charge on any atom is -0.372 e. The molecule has 1 aromatic heterocycles. The SMILES string of the molecule is CCCC[C@H](c1cccnc1)N(C)C(=O)Nc1ccc2c(c1)COC2. The largest absolute Gasteiger partial charge is 0.372 e. The van der Waals surface area contributed by atoms with Gasteiger partial charge in [-0.1, -0.05) is 31.9 Å². The van der Waals surface area contributed by atoms with E-state index in [9.17, 15) is 4.79 Å². The van der Waals surface area contributed by atoms with Crippen molar-refractivity contribution < 1.29 is 9.53 Å². The summed E-state index contributed by atoms with van der Waals surface area (Å²) in [6.45, 7) is 3.43. The number of carbonyl (C=O) groups is 1. The molecular formula is C20H25N3O2. The van der Waals surface area contributed by atoms with E-state index >= 15 is 0 Å². The molecule has 5 heteroatoms. The highest BCUT2D eigenvalue weighted by Crippen LogP contribution is 2.27. The zero-order valence-electron chi connectivity index (χ0n) is 14.9. The predicted octanol–water partition coefficient (Wildman–Crippen LogP) is 4.51. The quantitative estimate of drug-likeness (QED) is 0.842. The molecule has 1 N–H and O–H groups in total.